The third kappa shape index (κ3) is 6.49. The van der Waals surface area contributed by atoms with Gasteiger partial charge in [0.05, 0.1) is 5.69 Å². The summed E-state index contributed by atoms with van der Waals surface area (Å²) >= 11 is 3.42. The second kappa shape index (κ2) is 10.9. The molecular formula is C25H27BrN2O3. The van der Waals surface area contributed by atoms with Gasteiger partial charge in [-0.25, -0.2) is 4.79 Å². The van der Waals surface area contributed by atoms with Crippen LogP contribution in [0.2, 0.25) is 0 Å². The predicted molar refractivity (Wildman–Crippen MR) is 127 cm³/mol. The molecule has 0 fully saturated rings. The van der Waals surface area contributed by atoms with Crippen LogP contribution in [-0.4, -0.2) is 11.2 Å². The number of nitrogens with one attached hydrogen (secondary N) is 2. The van der Waals surface area contributed by atoms with Gasteiger partial charge in [0, 0.05) is 17.1 Å². The number of halogens is 1. The molecular weight excluding hydrogens is 456 g/mol. The maximum absolute atomic E-state index is 12.3. The number of carbonyl (C=O) groups excluding carboxylic acids is 1. The molecule has 0 aliphatic rings. The first-order valence-electron chi connectivity index (χ1n) is 10.3. The average molecular weight is 483 g/mol. The summed E-state index contributed by atoms with van der Waals surface area (Å²) in [7, 11) is 0. The Morgan fingerprint density at radius 3 is 2.29 bits per heavy atom. The minimum Gasteiger partial charge on any atom is -0.506 e. The molecule has 3 rings (SSSR count). The lowest BCUT2D eigenvalue weighted by Crippen LogP contribution is -2.25. The third-order valence-electron chi connectivity index (χ3n) is 5.05. The zero-order valence-corrected chi connectivity index (χ0v) is 19.2. The van der Waals surface area contributed by atoms with Gasteiger partial charge in [0.15, 0.2) is 0 Å². The van der Waals surface area contributed by atoms with Crippen LogP contribution in [0.25, 0.3) is 0 Å². The zero-order chi connectivity index (χ0) is 22.2. The molecule has 3 aromatic carbocycles. The second-order valence-corrected chi connectivity index (χ2v) is 8.25. The van der Waals surface area contributed by atoms with Crippen molar-refractivity contribution in [1.29, 1.82) is 0 Å². The Bertz CT molecular complexity index is 990. The summed E-state index contributed by atoms with van der Waals surface area (Å²) in [6.07, 6.45) is -0.0174. The molecule has 1 unspecified atom stereocenters. The van der Waals surface area contributed by atoms with E-state index < -0.39 is 6.09 Å². The van der Waals surface area contributed by atoms with E-state index in [2.05, 4.69) is 26.6 Å². The molecule has 0 spiro atoms. The monoisotopic (exact) mass is 482 g/mol. The van der Waals surface area contributed by atoms with Crippen molar-refractivity contribution in [2.75, 3.05) is 5.32 Å². The number of para-hydroxylation sites is 2. The Hall–Kier alpha value is -2.99. The fraction of sp³-hybridized carbons (Fsp3) is 0.240. The Kier molecular flexibility index (Phi) is 7.95. The van der Waals surface area contributed by atoms with Gasteiger partial charge < -0.3 is 20.5 Å². The van der Waals surface area contributed by atoms with Gasteiger partial charge in [-0.05, 0) is 54.3 Å². The van der Waals surface area contributed by atoms with E-state index in [0.717, 1.165) is 21.2 Å². The van der Waals surface area contributed by atoms with Crippen LogP contribution in [-0.2, 0) is 11.3 Å². The number of alkyl carbamates (subject to hydrolysis) is 1. The average Bonchev–Trinajstić information content (AvgIpc) is 2.78. The summed E-state index contributed by atoms with van der Waals surface area (Å²) in [4.78, 5) is 12.3. The fourth-order valence-electron chi connectivity index (χ4n) is 3.25. The highest BCUT2D eigenvalue weighted by molar-refractivity contribution is 9.10. The quantitative estimate of drug-likeness (QED) is 0.312. The number of ether oxygens (including phenoxy) is 1. The fourth-order valence-corrected chi connectivity index (χ4v) is 3.51. The van der Waals surface area contributed by atoms with Gasteiger partial charge in [-0.1, -0.05) is 71.4 Å². The molecule has 0 heterocycles. The molecule has 6 heteroatoms. The minimum absolute atomic E-state index is 0.0245. The summed E-state index contributed by atoms with van der Waals surface area (Å²) in [5, 5.41) is 16.0. The Morgan fingerprint density at radius 2 is 1.65 bits per heavy atom. The molecule has 0 aliphatic carbocycles. The molecule has 0 saturated carbocycles. The van der Waals surface area contributed by atoms with Crippen LogP contribution >= 0.6 is 15.9 Å². The number of rotatable bonds is 8. The number of anilines is 1. The van der Waals surface area contributed by atoms with Crippen LogP contribution in [0.4, 0.5) is 10.5 Å². The van der Waals surface area contributed by atoms with Gasteiger partial charge in [0.1, 0.15) is 11.9 Å². The van der Waals surface area contributed by atoms with Crippen molar-refractivity contribution in [2.24, 2.45) is 0 Å². The SMILES string of the molecule is CC[C@H](OC(=O)NCc1ccc(C(C)Nc2ccccc2O)cc1)c1ccc(Br)cc1. The maximum Gasteiger partial charge on any atom is 0.408 e. The molecule has 0 bridgehead atoms. The van der Waals surface area contributed by atoms with E-state index in [-0.39, 0.29) is 17.9 Å². The molecule has 0 aliphatic heterocycles. The minimum atomic E-state index is -0.437. The molecule has 0 radical (unpaired) electrons. The second-order valence-electron chi connectivity index (χ2n) is 7.33. The van der Waals surface area contributed by atoms with Crippen LogP contribution in [0, 0.1) is 0 Å². The van der Waals surface area contributed by atoms with Gasteiger partial charge in [0.2, 0.25) is 0 Å². The topological polar surface area (TPSA) is 70.6 Å². The molecule has 2 atom stereocenters. The number of hydrogen-bond acceptors (Lipinski definition) is 4. The molecule has 3 aromatic rings. The van der Waals surface area contributed by atoms with Crippen molar-refractivity contribution in [3.8, 4) is 5.75 Å². The highest BCUT2D eigenvalue weighted by atomic mass is 79.9. The van der Waals surface area contributed by atoms with E-state index in [9.17, 15) is 9.90 Å². The number of amides is 1. The van der Waals surface area contributed by atoms with Gasteiger partial charge in [-0.3, -0.25) is 0 Å². The van der Waals surface area contributed by atoms with Crippen LogP contribution < -0.4 is 10.6 Å². The largest absolute Gasteiger partial charge is 0.506 e. The number of carbonyl (C=O) groups is 1. The summed E-state index contributed by atoms with van der Waals surface area (Å²) in [5.74, 6) is 0.224. The van der Waals surface area contributed by atoms with E-state index in [0.29, 0.717) is 18.7 Å². The van der Waals surface area contributed by atoms with Crippen molar-refractivity contribution < 1.29 is 14.6 Å². The molecule has 1 amide bonds. The molecule has 31 heavy (non-hydrogen) atoms. The van der Waals surface area contributed by atoms with Crippen LogP contribution in [0.1, 0.15) is 49.1 Å². The summed E-state index contributed by atoms with van der Waals surface area (Å²) in [6.45, 7) is 4.41. The Balaban J connectivity index is 1.51. The lowest BCUT2D eigenvalue weighted by molar-refractivity contribution is 0.0947. The first-order chi connectivity index (χ1) is 15.0. The van der Waals surface area contributed by atoms with Crippen LogP contribution in [0.5, 0.6) is 5.75 Å². The summed E-state index contributed by atoms with van der Waals surface area (Å²) in [5.41, 5.74) is 3.72. The highest BCUT2D eigenvalue weighted by Crippen LogP contribution is 2.27. The number of phenols is 1. The van der Waals surface area contributed by atoms with E-state index >= 15 is 0 Å². The van der Waals surface area contributed by atoms with Gasteiger partial charge >= 0.3 is 6.09 Å². The van der Waals surface area contributed by atoms with Gasteiger partial charge in [0.25, 0.3) is 0 Å². The predicted octanol–water partition coefficient (Wildman–Crippen LogP) is 6.71. The van der Waals surface area contributed by atoms with E-state index in [1.165, 1.54) is 0 Å². The van der Waals surface area contributed by atoms with E-state index in [4.69, 9.17) is 4.74 Å². The van der Waals surface area contributed by atoms with Crippen molar-refractivity contribution >= 4 is 27.7 Å². The molecule has 3 N–H and O–H groups in total. The zero-order valence-electron chi connectivity index (χ0n) is 17.6. The molecule has 0 saturated heterocycles. The lowest BCUT2D eigenvalue weighted by atomic mass is 10.1. The Labute approximate surface area is 191 Å². The number of hydrogen-bond donors (Lipinski definition) is 3. The van der Waals surface area contributed by atoms with Crippen molar-refractivity contribution in [1.82, 2.24) is 5.32 Å². The molecule has 0 aromatic heterocycles. The summed E-state index contributed by atoms with van der Waals surface area (Å²) in [6, 6.07) is 23.0. The normalized spacial score (nSPS) is 12.6. The van der Waals surface area contributed by atoms with E-state index in [1.54, 1.807) is 12.1 Å². The number of phenolic OH excluding ortho intramolecular Hbond substituents is 1. The standard InChI is InChI=1S/C25H27BrN2O3/c1-3-24(20-12-14-21(26)15-13-20)31-25(30)27-16-18-8-10-19(11-9-18)17(2)28-22-6-4-5-7-23(22)29/h4-15,17,24,28-29H,3,16H2,1-2H3,(H,27,30)/t17?,24-/m0/s1. The first kappa shape index (κ1) is 22.7. The highest BCUT2D eigenvalue weighted by Gasteiger charge is 2.15. The Morgan fingerprint density at radius 1 is 1.00 bits per heavy atom. The van der Waals surface area contributed by atoms with Crippen LogP contribution in [0.15, 0.2) is 77.3 Å². The molecule has 5 nitrogen and oxygen atoms in total. The molecule has 162 valence electrons. The van der Waals surface area contributed by atoms with Crippen molar-refractivity contribution in [3.63, 3.8) is 0 Å². The number of benzene rings is 3. The van der Waals surface area contributed by atoms with Crippen LogP contribution in [0.3, 0.4) is 0 Å². The van der Waals surface area contributed by atoms with Crippen molar-refractivity contribution in [3.05, 3.63) is 94.0 Å². The first-order valence-corrected chi connectivity index (χ1v) is 11.1. The van der Waals surface area contributed by atoms with Gasteiger partial charge in [-0.15, -0.1) is 0 Å². The number of aromatic hydroxyl groups is 1. The maximum atomic E-state index is 12.3. The smallest absolute Gasteiger partial charge is 0.408 e. The third-order valence-corrected chi connectivity index (χ3v) is 5.58. The van der Waals surface area contributed by atoms with Gasteiger partial charge in [-0.2, -0.15) is 0 Å². The van der Waals surface area contributed by atoms with Crippen molar-refractivity contribution in [2.45, 2.75) is 39.0 Å². The summed E-state index contributed by atoms with van der Waals surface area (Å²) < 4.78 is 6.58. The van der Waals surface area contributed by atoms with E-state index in [1.807, 2.05) is 74.5 Å². The lowest BCUT2D eigenvalue weighted by Gasteiger charge is -2.18.